The van der Waals surface area contributed by atoms with Gasteiger partial charge in [0.1, 0.15) is 0 Å². The van der Waals surface area contributed by atoms with Gasteiger partial charge in [-0.3, -0.25) is 4.79 Å². The van der Waals surface area contributed by atoms with Gasteiger partial charge in [0.2, 0.25) is 5.91 Å². The molecule has 1 aliphatic rings. The van der Waals surface area contributed by atoms with Gasteiger partial charge < -0.3 is 15.5 Å². The van der Waals surface area contributed by atoms with E-state index in [4.69, 9.17) is 0 Å². The zero-order chi connectivity index (χ0) is 21.6. The predicted molar refractivity (Wildman–Crippen MR) is 131 cm³/mol. The average molecular weight is 428 g/mol. The van der Waals surface area contributed by atoms with Gasteiger partial charge in [-0.15, -0.1) is 0 Å². The molecule has 31 heavy (non-hydrogen) atoms. The molecule has 0 saturated carbocycles. The maximum atomic E-state index is 11.2. The van der Waals surface area contributed by atoms with E-state index in [9.17, 15) is 4.79 Å². The zero-order valence-electron chi connectivity index (χ0n) is 17.6. The third-order valence-corrected chi connectivity index (χ3v) is 6.08. The predicted octanol–water partition coefficient (Wildman–Crippen LogP) is 5.85. The SMILES string of the molecule is CC(=O)Nc1ccc(Sc2ccccc2/C=C/C2=CNCN(C)c3ccccc32)cc1. The second-order valence-corrected chi connectivity index (χ2v) is 8.47. The molecule has 1 amide bonds. The summed E-state index contributed by atoms with van der Waals surface area (Å²) in [6, 6.07) is 24.8. The number of nitrogens with one attached hydrogen (secondary N) is 2. The minimum atomic E-state index is -0.0639. The van der Waals surface area contributed by atoms with Crippen LogP contribution >= 0.6 is 11.8 Å². The van der Waals surface area contributed by atoms with E-state index >= 15 is 0 Å². The quantitative estimate of drug-likeness (QED) is 0.536. The molecule has 5 heteroatoms. The highest BCUT2D eigenvalue weighted by molar-refractivity contribution is 7.99. The van der Waals surface area contributed by atoms with Crippen molar-refractivity contribution in [2.24, 2.45) is 0 Å². The first kappa shape index (κ1) is 20.8. The molecular formula is C26H25N3OS. The molecule has 0 unspecified atom stereocenters. The van der Waals surface area contributed by atoms with Crippen LogP contribution in [0.1, 0.15) is 18.1 Å². The summed E-state index contributed by atoms with van der Waals surface area (Å²) >= 11 is 1.71. The standard InChI is InChI=1S/C26H25N3OS/c1-19(30)28-22-13-15-23(16-14-22)31-26-10-6-3-7-20(26)11-12-21-17-27-18-29(2)25-9-5-4-8-24(21)25/h3-17,27H,18H2,1-2H3,(H,28,30)/b12-11+. The van der Waals surface area contributed by atoms with Crippen LogP contribution in [-0.2, 0) is 4.79 Å². The largest absolute Gasteiger partial charge is 0.373 e. The van der Waals surface area contributed by atoms with Gasteiger partial charge in [0.25, 0.3) is 0 Å². The van der Waals surface area contributed by atoms with E-state index in [2.05, 4.69) is 89.5 Å². The van der Waals surface area contributed by atoms with Crippen molar-refractivity contribution in [1.82, 2.24) is 5.32 Å². The Morgan fingerprint density at radius 3 is 2.55 bits per heavy atom. The van der Waals surface area contributed by atoms with E-state index in [0.717, 1.165) is 28.4 Å². The van der Waals surface area contributed by atoms with Gasteiger partial charge in [0.15, 0.2) is 0 Å². The van der Waals surface area contributed by atoms with Crippen molar-refractivity contribution < 1.29 is 4.79 Å². The zero-order valence-corrected chi connectivity index (χ0v) is 18.4. The number of allylic oxidation sites excluding steroid dienone is 2. The van der Waals surface area contributed by atoms with Crippen LogP contribution in [0.3, 0.4) is 0 Å². The third-order valence-electron chi connectivity index (χ3n) is 4.98. The van der Waals surface area contributed by atoms with Crippen molar-refractivity contribution >= 4 is 40.7 Å². The van der Waals surface area contributed by atoms with E-state index < -0.39 is 0 Å². The summed E-state index contributed by atoms with van der Waals surface area (Å²) in [5, 5.41) is 6.19. The molecule has 0 atom stereocenters. The lowest BCUT2D eigenvalue weighted by molar-refractivity contribution is -0.114. The second-order valence-electron chi connectivity index (χ2n) is 7.36. The van der Waals surface area contributed by atoms with E-state index in [0.29, 0.717) is 0 Å². The van der Waals surface area contributed by atoms with Crippen LogP contribution in [0.2, 0.25) is 0 Å². The molecule has 156 valence electrons. The smallest absolute Gasteiger partial charge is 0.221 e. The summed E-state index contributed by atoms with van der Waals surface area (Å²) in [4.78, 5) is 15.7. The Hall–Kier alpha value is -3.44. The summed E-state index contributed by atoms with van der Waals surface area (Å²) in [5.41, 5.74) is 5.55. The summed E-state index contributed by atoms with van der Waals surface area (Å²) in [6.45, 7) is 2.29. The van der Waals surface area contributed by atoms with Crippen LogP contribution in [0.5, 0.6) is 0 Å². The van der Waals surface area contributed by atoms with Gasteiger partial charge in [-0.05, 0) is 47.5 Å². The number of benzene rings is 3. The molecule has 1 aliphatic heterocycles. The van der Waals surface area contributed by atoms with Crippen LogP contribution in [0.25, 0.3) is 11.6 Å². The number of fused-ring (bicyclic) bond motifs is 1. The molecule has 1 heterocycles. The number of hydrogen-bond donors (Lipinski definition) is 2. The van der Waals surface area contributed by atoms with Gasteiger partial charge in [-0.2, -0.15) is 0 Å². The molecule has 0 bridgehead atoms. The van der Waals surface area contributed by atoms with Crippen molar-refractivity contribution in [3.05, 3.63) is 96.2 Å². The van der Waals surface area contributed by atoms with Crippen molar-refractivity contribution in [2.45, 2.75) is 16.7 Å². The molecule has 2 N–H and O–H groups in total. The first-order chi connectivity index (χ1) is 15.1. The Morgan fingerprint density at radius 2 is 1.74 bits per heavy atom. The number of nitrogens with zero attached hydrogens (tertiary/aromatic N) is 1. The minimum absolute atomic E-state index is 0.0639. The fourth-order valence-electron chi connectivity index (χ4n) is 3.47. The van der Waals surface area contributed by atoms with Gasteiger partial charge in [-0.1, -0.05) is 60.3 Å². The molecule has 0 aliphatic carbocycles. The molecule has 0 radical (unpaired) electrons. The van der Waals surface area contributed by atoms with Crippen molar-refractivity contribution in [3.8, 4) is 0 Å². The van der Waals surface area contributed by atoms with E-state index in [1.807, 2.05) is 24.3 Å². The highest BCUT2D eigenvalue weighted by Crippen LogP contribution is 2.33. The normalized spacial score (nSPS) is 13.2. The van der Waals surface area contributed by atoms with Gasteiger partial charge >= 0.3 is 0 Å². The number of carbonyl (C=O) groups excluding carboxylic acids is 1. The first-order valence-electron chi connectivity index (χ1n) is 10.2. The molecule has 4 rings (SSSR count). The lowest BCUT2D eigenvalue weighted by Crippen LogP contribution is -2.26. The van der Waals surface area contributed by atoms with Gasteiger partial charge in [0, 0.05) is 46.9 Å². The fraction of sp³-hybridized carbons (Fsp3) is 0.115. The van der Waals surface area contributed by atoms with Gasteiger partial charge in [0.05, 0.1) is 6.67 Å². The van der Waals surface area contributed by atoms with Crippen molar-refractivity contribution in [3.63, 3.8) is 0 Å². The van der Waals surface area contributed by atoms with Crippen molar-refractivity contribution in [1.29, 1.82) is 0 Å². The fourth-order valence-corrected chi connectivity index (χ4v) is 4.40. The third kappa shape index (κ3) is 5.19. The summed E-state index contributed by atoms with van der Waals surface area (Å²) in [6.07, 6.45) is 6.42. The molecule has 0 spiro atoms. The Labute approximate surface area is 187 Å². The highest BCUT2D eigenvalue weighted by Gasteiger charge is 2.12. The van der Waals surface area contributed by atoms with Crippen molar-refractivity contribution in [2.75, 3.05) is 23.9 Å². The lowest BCUT2D eigenvalue weighted by Gasteiger charge is -2.19. The molecule has 0 saturated heterocycles. The monoisotopic (exact) mass is 427 g/mol. The highest BCUT2D eigenvalue weighted by atomic mass is 32.2. The van der Waals surface area contributed by atoms with Crippen LogP contribution in [0, 0.1) is 0 Å². The number of para-hydroxylation sites is 1. The molecule has 3 aromatic rings. The number of carbonyl (C=O) groups is 1. The average Bonchev–Trinajstić information content (AvgIpc) is 2.93. The van der Waals surface area contributed by atoms with Crippen LogP contribution < -0.4 is 15.5 Å². The number of amides is 1. The van der Waals surface area contributed by atoms with Gasteiger partial charge in [-0.25, -0.2) is 0 Å². The molecule has 0 aromatic heterocycles. The van der Waals surface area contributed by atoms with E-state index in [-0.39, 0.29) is 5.91 Å². The molecule has 4 nitrogen and oxygen atoms in total. The number of rotatable bonds is 5. The first-order valence-corrected chi connectivity index (χ1v) is 11.0. The molecule has 0 fully saturated rings. The minimum Gasteiger partial charge on any atom is -0.373 e. The molecular weight excluding hydrogens is 402 g/mol. The second kappa shape index (κ2) is 9.58. The van der Waals surface area contributed by atoms with Crippen LogP contribution in [0.4, 0.5) is 11.4 Å². The number of anilines is 2. The maximum absolute atomic E-state index is 11.2. The lowest BCUT2D eigenvalue weighted by atomic mass is 10.0. The summed E-state index contributed by atoms with van der Waals surface area (Å²) < 4.78 is 0. The van der Waals surface area contributed by atoms with Crippen LogP contribution in [0.15, 0.2) is 94.9 Å². The Bertz CT molecular complexity index is 1140. The Kier molecular flexibility index (Phi) is 6.43. The van der Waals surface area contributed by atoms with E-state index in [1.54, 1.807) is 11.8 Å². The topological polar surface area (TPSA) is 44.4 Å². The van der Waals surface area contributed by atoms with Crippen LogP contribution in [-0.4, -0.2) is 19.6 Å². The summed E-state index contributed by atoms with van der Waals surface area (Å²) in [5.74, 6) is -0.0639. The molecule has 3 aromatic carbocycles. The Morgan fingerprint density at radius 1 is 1.00 bits per heavy atom. The Balaban J connectivity index is 1.57. The van der Waals surface area contributed by atoms with E-state index in [1.165, 1.54) is 23.1 Å². The number of hydrogen-bond acceptors (Lipinski definition) is 4. The maximum Gasteiger partial charge on any atom is 0.221 e. The summed E-state index contributed by atoms with van der Waals surface area (Å²) in [7, 11) is 2.09.